The second kappa shape index (κ2) is 5.78. The van der Waals surface area contributed by atoms with Crippen LogP contribution in [-0.2, 0) is 4.74 Å². The summed E-state index contributed by atoms with van der Waals surface area (Å²) < 4.78 is 5.53. The number of nitriles is 1. The summed E-state index contributed by atoms with van der Waals surface area (Å²) in [5, 5.41) is 19.5. The molecule has 0 aliphatic carbocycles. The summed E-state index contributed by atoms with van der Waals surface area (Å²) in [5.41, 5.74) is 0.602. The molecule has 20 heavy (non-hydrogen) atoms. The first-order valence-electron chi connectivity index (χ1n) is 7.19. The predicted octanol–water partition coefficient (Wildman–Crippen LogP) is 1.32. The van der Waals surface area contributed by atoms with Crippen LogP contribution in [0.5, 0.6) is 0 Å². The van der Waals surface area contributed by atoms with Gasteiger partial charge in [0, 0.05) is 31.3 Å². The third kappa shape index (κ3) is 2.37. The minimum Gasteiger partial charge on any atom is -0.393 e. The second-order valence-corrected chi connectivity index (χ2v) is 5.48. The molecule has 2 aliphatic heterocycles. The molecule has 2 aliphatic rings. The van der Waals surface area contributed by atoms with Gasteiger partial charge in [-0.15, -0.1) is 0 Å². The van der Waals surface area contributed by atoms with E-state index in [0.29, 0.717) is 25.2 Å². The van der Waals surface area contributed by atoms with E-state index in [-0.39, 0.29) is 18.1 Å². The Hall–Kier alpha value is -1.64. The number of ether oxygens (including phenoxy) is 1. The summed E-state index contributed by atoms with van der Waals surface area (Å²) in [6.07, 6.45) is 4.19. The molecule has 2 fully saturated rings. The van der Waals surface area contributed by atoms with Gasteiger partial charge in [0.05, 0.1) is 18.3 Å². The van der Waals surface area contributed by atoms with Crippen LogP contribution in [0.3, 0.4) is 0 Å². The van der Waals surface area contributed by atoms with Crippen molar-refractivity contribution in [1.82, 2.24) is 4.98 Å². The van der Waals surface area contributed by atoms with Gasteiger partial charge < -0.3 is 14.7 Å². The van der Waals surface area contributed by atoms with Crippen molar-refractivity contribution in [1.29, 1.82) is 5.26 Å². The van der Waals surface area contributed by atoms with Crippen molar-refractivity contribution in [3.05, 3.63) is 23.9 Å². The number of aliphatic hydroxyl groups is 1. The SMILES string of the molecule is N#Cc1cccnc1N1CCCC1C1COCCC1O. The second-order valence-electron chi connectivity index (χ2n) is 5.48. The summed E-state index contributed by atoms with van der Waals surface area (Å²) >= 11 is 0. The lowest BCUT2D eigenvalue weighted by Gasteiger charge is -2.37. The molecule has 0 aromatic carbocycles. The zero-order valence-corrected chi connectivity index (χ0v) is 11.4. The Morgan fingerprint density at radius 2 is 2.35 bits per heavy atom. The van der Waals surface area contributed by atoms with Crippen molar-refractivity contribution in [2.24, 2.45) is 5.92 Å². The summed E-state index contributed by atoms with van der Waals surface area (Å²) in [7, 11) is 0. The Kier molecular flexibility index (Phi) is 3.86. The minimum atomic E-state index is -0.316. The van der Waals surface area contributed by atoms with E-state index >= 15 is 0 Å². The average Bonchev–Trinajstić information content (AvgIpc) is 2.96. The van der Waals surface area contributed by atoms with Crippen molar-refractivity contribution < 1.29 is 9.84 Å². The Balaban J connectivity index is 1.87. The van der Waals surface area contributed by atoms with Crippen LogP contribution < -0.4 is 4.90 Å². The third-order valence-electron chi connectivity index (χ3n) is 4.34. The van der Waals surface area contributed by atoms with Gasteiger partial charge in [-0.25, -0.2) is 4.98 Å². The van der Waals surface area contributed by atoms with Crippen LogP contribution in [0.4, 0.5) is 5.82 Å². The normalized spacial score (nSPS) is 30.2. The van der Waals surface area contributed by atoms with Crippen LogP contribution >= 0.6 is 0 Å². The lowest BCUT2D eigenvalue weighted by Crippen LogP contribution is -2.46. The number of anilines is 1. The number of aromatic nitrogens is 1. The molecule has 0 spiro atoms. The molecular weight excluding hydrogens is 254 g/mol. The maximum atomic E-state index is 10.2. The summed E-state index contributed by atoms with van der Waals surface area (Å²) in [4.78, 5) is 6.56. The van der Waals surface area contributed by atoms with Crippen LogP contribution in [0.25, 0.3) is 0 Å². The van der Waals surface area contributed by atoms with Gasteiger partial charge in [0.15, 0.2) is 0 Å². The first-order valence-corrected chi connectivity index (χ1v) is 7.19. The molecule has 3 unspecified atom stereocenters. The number of hydrogen-bond acceptors (Lipinski definition) is 5. The molecule has 0 amide bonds. The number of nitrogens with zero attached hydrogens (tertiary/aromatic N) is 3. The molecule has 0 saturated carbocycles. The molecule has 0 radical (unpaired) electrons. The monoisotopic (exact) mass is 273 g/mol. The molecule has 3 rings (SSSR count). The fourth-order valence-corrected chi connectivity index (χ4v) is 3.33. The van der Waals surface area contributed by atoms with Gasteiger partial charge in [-0.1, -0.05) is 0 Å². The Morgan fingerprint density at radius 3 is 3.15 bits per heavy atom. The first kappa shape index (κ1) is 13.3. The van der Waals surface area contributed by atoms with Crippen LogP contribution in [-0.4, -0.2) is 42.0 Å². The Bertz CT molecular complexity index is 514. The van der Waals surface area contributed by atoms with Gasteiger partial charge in [0.25, 0.3) is 0 Å². The summed E-state index contributed by atoms with van der Waals surface area (Å²) in [6.45, 7) is 2.12. The van der Waals surface area contributed by atoms with Gasteiger partial charge >= 0.3 is 0 Å². The Labute approximate surface area is 118 Å². The molecule has 1 N–H and O–H groups in total. The zero-order chi connectivity index (χ0) is 13.9. The largest absolute Gasteiger partial charge is 0.393 e. The van der Waals surface area contributed by atoms with Crippen molar-refractivity contribution in [2.75, 3.05) is 24.7 Å². The third-order valence-corrected chi connectivity index (χ3v) is 4.34. The highest BCUT2D eigenvalue weighted by molar-refractivity contribution is 5.55. The van der Waals surface area contributed by atoms with Gasteiger partial charge in [0.2, 0.25) is 0 Å². The van der Waals surface area contributed by atoms with Gasteiger partial charge in [-0.3, -0.25) is 0 Å². The number of rotatable bonds is 2. The molecule has 1 aromatic rings. The first-order chi connectivity index (χ1) is 9.81. The lowest BCUT2D eigenvalue weighted by molar-refractivity contribution is -0.0438. The minimum absolute atomic E-state index is 0.111. The van der Waals surface area contributed by atoms with Crippen LogP contribution in [0.15, 0.2) is 18.3 Å². The van der Waals surface area contributed by atoms with E-state index in [1.54, 1.807) is 18.3 Å². The van der Waals surface area contributed by atoms with Gasteiger partial charge in [-0.2, -0.15) is 5.26 Å². The molecule has 5 heteroatoms. The highest BCUT2D eigenvalue weighted by Gasteiger charge is 2.38. The molecule has 1 aromatic heterocycles. The van der Waals surface area contributed by atoms with E-state index in [2.05, 4.69) is 16.0 Å². The molecular formula is C15H19N3O2. The number of aliphatic hydroxyl groups excluding tert-OH is 1. The summed E-state index contributed by atoms with van der Waals surface area (Å²) in [6, 6.07) is 6.00. The van der Waals surface area contributed by atoms with Crippen molar-refractivity contribution in [3.8, 4) is 6.07 Å². The Morgan fingerprint density at radius 1 is 1.45 bits per heavy atom. The summed E-state index contributed by atoms with van der Waals surface area (Å²) in [5.74, 6) is 0.857. The van der Waals surface area contributed by atoms with Gasteiger partial charge in [0.1, 0.15) is 11.9 Å². The molecule has 106 valence electrons. The predicted molar refractivity (Wildman–Crippen MR) is 74.3 cm³/mol. The van der Waals surface area contributed by atoms with Crippen LogP contribution in [0.1, 0.15) is 24.8 Å². The van der Waals surface area contributed by atoms with Crippen molar-refractivity contribution in [2.45, 2.75) is 31.4 Å². The van der Waals surface area contributed by atoms with E-state index < -0.39 is 0 Å². The van der Waals surface area contributed by atoms with Crippen molar-refractivity contribution in [3.63, 3.8) is 0 Å². The fourth-order valence-electron chi connectivity index (χ4n) is 3.33. The van der Waals surface area contributed by atoms with E-state index in [4.69, 9.17) is 4.74 Å². The molecule has 0 bridgehead atoms. The number of hydrogen-bond donors (Lipinski definition) is 1. The van der Waals surface area contributed by atoms with Gasteiger partial charge in [-0.05, 0) is 31.4 Å². The topological polar surface area (TPSA) is 69.4 Å². The molecule has 5 nitrogen and oxygen atoms in total. The van der Waals surface area contributed by atoms with Crippen LogP contribution in [0, 0.1) is 17.2 Å². The molecule has 3 atom stereocenters. The maximum Gasteiger partial charge on any atom is 0.146 e. The standard InChI is InChI=1S/C15H19N3O2/c16-9-11-3-1-6-17-15(11)18-7-2-4-13(18)12-10-20-8-5-14(12)19/h1,3,6,12-14,19H,2,4-5,7-8,10H2. The van der Waals surface area contributed by atoms with E-state index in [0.717, 1.165) is 25.2 Å². The molecule has 3 heterocycles. The highest BCUT2D eigenvalue weighted by atomic mass is 16.5. The highest BCUT2D eigenvalue weighted by Crippen LogP contribution is 2.33. The fraction of sp³-hybridized carbons (Fsp3) is 0.600. The van der Waals surface area contributed by atoms with Crippen molar-refractivity contribution >= 4 is 5.82 Å². The van der Waals surface area contributed by atoms with Crippen LogP contribution in [0.2, 0.25) is 0 Å². The zero-order valence-electron chi connectivity index (χ0n) is 11.4. The smallest absolute Gasteiger partial charge is 0.146 e. The van der Waals surface area contributed by atoms with E-state index in [9.17, 15) is 10.4 Å². The maximum absolute atomic E-state index is 10.2. The van der Waals surface area contributed by atoms with E-state index in [1.807, 2.05) is 0 Å². The average molecular weight is 273 g/mol. The molecule has 2 saturated heterocycles. The quantitative estimate of drug-likeness (QED) is 0.880. The van der Waals surface area contributed by atoms with E-state index in [1.165, 1.54) is 0 Å². The lowest BCUT2D eigenvalue weighted by atomic mass is 9.89. The number of pyridine rings is 1.